The molecule has 1 aromatic rings. The number of amides is 2. The highest BCUT2D eigenvalue weighted by Gasteiger charge is 2.32. The number of carbonyl (C=O) groups excluding carboxylic acids is 2. The largest absolute Gasteiger partial charge is 0.365 e. The van der Waals surface area contributed by atoms with Gasteiger partial charge in [0.05, 0.1) is 5.54 Å². The number of hydrogen-bond donors (Lipinski definition) is 1. The molecule has 0 atom stereocenters. The molecule has 7 heteroatoms. The molecule has 26 heavy (non-hydrogen) atoms. The summed E-state index contributed by atoms with van der Waals surface area (Å²) in [5.74, 6) is -0.963. The maximum absolute atomic E-state index is 12.4. The van der Waals surface area contributed by atoms with E-state index in [0.29, 0.717) is 10.6 Å². The molecule has 0 unspecified atom stereocenters. The van der Waals surface area contributed by atoms with Gasteiger partial charge in [-0.25, -0.2) is 0 Å². The van der Waals surface area contributed by atoms with E-state index in [4.69, 9.17) is 23.8 Å². The van der Waals surface area contributed by atoms with Gasteiger partial charge >= 0.3 is 0 Å². The standard InChI is InChI=1S/C19H20ClN3O2S/c1-10-9-19(2,3)23(5)15-8-14(20)11(6-12(10)15)7-13-16(24)21-18(26)22(4)17(13)25/h6-9H,1-5H3,(H,21,24,26)/b13-7+. The SMILES string of the molecule is CC1=CC(C)(C)N(C)c2cc(Cl)c(/C=C3\C(=O)NC(=S)N(C)C3=O)cc21. The maximum atomic E-state index is 12.4. The van der Waals surface area contributed by atoms with Gasteiger partial charge in [0.15, 0.2) is 5.11 Å². The second-order valence-corrected chi connectivity index (χ2v) is 7.91. The smallest absolute Gasteiger partial charge is 0.265 e. The van der Waals surface area contributed by atoms with Crippen molar-refractivity contribution in [3.63, 3.8) is 0 Å². The third kappa shape index (κ3) is 2.93. The lowest BCUT2D eigenvalue weighted by Gasteiger charge is -2.40. The lowest BCUT2D eigenvalue weighted by atomic mass is 9.88. The summed E-state index contributed by atoms with van der Waals surface area (Å²) in [6.45, 7) is 6.31. The predicted molar refractivity (Wildman–Crippen MR) is 109 cm³/mol. The van der Waals surface area contributed by atoms with Gasteiger partial charge in [-0.05, 0) is 62.3 Å². The van der Waals surface area contributed by atoms with Crippen molar-refractivity contribution >= 4 is 58.1 Å². The van der Waals surface area contributed by atoms with Crippen molar-refractivity contribution in [1.29, 1.82) is 0 Å². The van der Waals surface area contributed by atoms with Crippen molar-refractivity contribution in [2.24, 2.45) is 0 Å². The Morgan fingerprint density at radius 3 is 2.54 bits per heavy atom. The first-order chi connectivity index (χ1) is 12.0. The van der Waals surface area contributed by atoms with Gasteiger partial charge < -0.3 is 4.90 Å². The Balaban J connectivity index is 2.12. The second kappa shape index (κ2) is 6.21. The van der Waals surface area contributed by atoms with Crippen LogP contribution in [0.3, 0.4) is 0 Å². The zero-order valence-electron chi connectivity index (χ0n) is 15.3. The van der Waals surface area contributed by atoms with Gasteiger partial charge in [-0.15, -0.1) is 0 Å². The number of nitrogens with zero attached hydrogens (tertiary/aromatic N) is 2. The number of rotatable bonds is 1. The second-order valence-electron chi connectivity index (χ2n) is 7.11. The van der Waals surface area contributed by atoms with Gasteiger partial charge in [-0.2, -0.15) is 0 Å². The van der Waals surface area contributed by atoms with Gasteiger partial charge in [0.25, 0.3) is 11.8 Å². The summed E-state index contributed by atoms with van der Waals surface area (Å²) < 4.78 is 0. The van der Waals surface area contributed by atoms with Gasteiger partial charge in [0, 0.05) is 30.4 Å². The Morgan fingerprint density at radius 2 is 1.88 bits per heavy atom. The molecule has 2 heterocycles. The number of fused-ring (bicyclic) bond motifs is 1. The molecule has 5 nitrogen and oxygen atoms in total. The molecule has 0 aliphatic carbocycles. The highest BCUT2D eigenvalue weighted by atomic mass is 35.5. The minimum Gasteiger partial charge on any atom is -0.365 e. The summed E-state index contributed by atoms with van der Waals surface area (Å²) in [7, 11) is 3.54. The molecule has 3 rings (SSSR count). The third-order valence-electron chi connectivity index (χ3n) is 4.94. The molecule has 136 valence electrons. The summed E-state index contributed by atoms with van der Waals surface area (Å²) in [6, 6.07) is 3.79. The summed E-state index contributed by atoms with van der Waals surface area (Å²) in [6.07, 6.45) is 3.70. The van der Waals surface area contributed by atoms with Crippen LogP contribution in [0, 0.1) is 0 Å². The Labute approximate surface area is 163 Å². The van der Waals surface area contributed by atoms with Crippen LogP contribution >= 0.6 is 23.8 Å². The van der Waals surface area contributed by atoms with E-state index in [1.165, 1.54) is 18.0 Å². The quantitative estimate of drug-likeness (QED) is 0.455. The van der Waals surface area contributed by atoms with Gasteiger partial charge in [0.2, 0.25) is 0 Å². The number of allylic oxidation sites excluding steroid dienone is 1. The van der Waals surface area contributed by atoms with Crippen molar-refractivity contribution < 1.29 is 9.59 Å². The number of anilines is 1. The number of nitrogens with one attached hydrogen (secondary N) is 1. The van der Waals surface area contributed by atoms with E-state index >= 15 is 0 Å². The first-order valence-corrected chi connectivity index (χ1v) is 8.94. The van der Waals surface area contributed by atoms with Crippen LogP contribution < -0.4 is 10.2 Å². The normalized spacial score (nSPS) is 20.9. The molecule has 1 aromatic carbocycles. The van der Waals surface area contributed by atoms with Crippen molar-refractivity contribution in [1.82, 2.24) is 10.2 Å². The third-order valence-corrected chi connectivity index (χ3v) is 5.64. The van der Waals surface area contributed by atoms with Crippen molar-refractivity contribution in [3.8, 4) is 0 Å². The zero-order valence-corrected chi connectivity index (χ0v) is 16.9. The topological polar surface area (TPSA) is 52.7 Å². The van der Waals surface area contributed by atoms with E-state index in [0.717, 1.165) is 16.8 Å². The number of thiocarbonyl (C=S) groups is 1. The molecular formula is C19H20ClN3O2S. The van der Waals surface area contributed by atoms with Crippen molar-refractivity contribution in [2.45, 2.75) is 26.3 Å². The lowest BCUT2D eigenvalue weighted by molar-refractivity contribution is -0.128. The minimum atomic E-state index is -0.516. The maximum Gasteiger partial charge on any atom is 0.265 e. The molecule has 0 radical (unpaired) electrons. The molecule has 2 amide bonds. The van der Waals surface area contributed by atoms with E-state index in [1.807, 2.05) is 26.1 Å². The predicted octanol–water partition coefficient (Wildman–Crippen LogP) is 3.23. The number of hydrogen-bond acceptors (Lipinski definition) is 4. The number of likely N-dealkylation sites (N-methyl/N-ethyl adjacent to an activating group) is 2. The van der Waals surface area contributed by atoms with Crippen LogP contribution in [0.2, 0.25) is 5.02 Å². The fourth-order valence-electron chi connectivity index (χ4n) is 3.20. The molecule has 0 aromatic heterocycles. The van der Waals surface area contributed by atoms with Gasteiger partial charge in [-0.1, -0.05) is 17.7 Å². The number of halogens is 1. The molecule has 2 aliphatic rings. The molecule has 0 bridgehead atoms. The Bertz CT molecular complexity index is 918. The highest BCUT2D eigenvalue weighted by Crippen LogP contribution is 2.40. The summed E-state index contributed by atoms with van der Waals surface area (Å²) in [4.78, 5) is 28.0. The fraction of sp³-hybridized carbons (Fsp3) is 0.316. The van der Waals surface area contributed by atoms with E-state index in [-0.39, 0.29) is 16.2 Å². The Kier molecular flexibility index (Phi) is 4.45. The molecule has 1 fully saturated rings. The van der Waals surface area contributed by atoms with Crippen LogP contribution in [0.4, 0.5) is 5.69 Å². The van der Waals surface area contributed by atoms with E-state index in [9.17, 15) is 9.59 Å². The monoisotopic (exact) mass is 389 g/mol. The summed E-state index contributed by atoms with van der Waals surface area (Å²) >= 11 is 11.4. The lowest BCUT2D eigenvalue weighted by Crippen LogP contribution is -2.52. The molecule has 0 saturated carbocycles. The highest BCUT2D eigenvalue weighted by molar-refractivity contribution is 7.80. The number of benzene rings is 1. The van der Waals surface area contributed by atoms with Crippen LogP contribution in [-0.2, 0) is 9.59 Å². The molecule has 1 N–H and O–H groups in total. The first-order valence-electron chi connectivity index (χ1n) is 8.15. The Morgan fingerprint density at radius 1 is 1.23 bits per heavy atom. The van der Waals surface area contributed by atoms with Gasteiger partial charge in [0.1, 0.15) is 5.57 Å². The summed E-state index contributed by atoms with van der Waals surface area (Å²) in [5, 5.41) is 3.08. The summed E-state index contributed by atoms with van der Waals surface area (Å²) in [5.41, 5.74) is 3.66. The van der Waals surface area contributed by atoms with E-state index in [2.05, 4.69) is 30.1 Å². The molecular weight excluding hydrogens is 370 g/mol. The minimum absolute atomic E-state index is 0.00840. The van der Waals surface area contributed by atoms with Crippen LogP contribution in [0.1, 0.15) is 31.9 Å². The first kappa shape index (κ1) is 18.6. The van der Waals surface area contributed by atoms with Crippen LogP contribution in [0.15, 0.2) is 23.8 Å². The van der Waals surface area contributed by atoms with Gasteiger partial charge in [-0.3, -0.25) is 19.8 Å². The average Bonchev–Trinajstić information content (AvgIpc) is 2.55. The molecule has 0 spiro atoms. The average molecular weight is 390 g/mol. The number of carbonyl (C=O) groups is 2. The molecule has 1 saturated heterocycles. The fourth-order valence-corrected chi connectivity index (χ4v) is 3.59. The van der Waals surface area contributed by atoms with E-state index in [1.54, 1.807) is 0 Å². The van der Waals surface area contributed by atoms with Crippen molar-refractivity contribution in [3.05, 3.63) is 39.9 Å². The van der Waals surface area contributed by atoms with Crippen LogP contribution in [0.25, 0.3) is 11.6 Å². The Hall–Kier alpha value is -2.18. The molecule has 2 aliphatic heterocycles. The van der Waals surface area contributed by atoms with E-state index < -0.39 is 11.8 Å². The van der Waals surface area contributed by atoms with Crippen LogP contribution in [0.5, 0.6) is 0 Å². The van der Waals surface area contributed by atoms with Crippen LogP contribution in [-0.4, -0.2) is 41.5 Å². The van der Waals surface area contributed by atoms with Crippen molar-refractivity contribution in [2.75, 3.05) is 19.0 Å². The zero-order chi connectivity index (χ0) is 19.4.